The van der Waals surface area contributed by atoms with Gasteiger partial charge in [0.25, 0.3) is 0 Å². The molecule has 0 aliphatic carbocycles. The van der Waals surface area contributed by atoms with Gasteiger partial charge in [-0.2, -0.15) is 25.3 Å². The standard InChI is InChI=1S/C6H12O2S2/c1-4(6(9)10)2-3-5(7)8/h4,6,9-10H,2-3H2,1H3,(H,7,8)/t4-/m0/s1. The van der Waals surface area contributed by atoms with Gasteiger partial charge >= 0.3 is 5.97 Å². The number of hydrogen-bond donors (Lipinski definition) is 3. The summed E-state index contributed by atoms with van der Waals surface area (Å²) in [5.41, 5.74) is 0. The smallest absolute Gasteiger partial charge is 0.303 e. The van der Waals surface area contributed by atoms with E-state index in [2.05, 4.69) is 25.3 Å². The zero-order valence-electron chi connectivity index (χ0n) is 5.82. The van der Waals surface area contributed by atoms with Gasteiger partial charge in [-0.1, -0.05) is 6.92 Å². The highest BCUT2D eigenvalue weighted by atomic mass is 32.2. The summed E-state index contributed by atoms with van der Waals surface area (Å²) in [6.45, 7) is 1.94. The van der Waals surface area contributed by atoms with Gasteiger partial charge in [0.1, 0.15) is 0 Å². The molecule has 0 unspecified atom stereocenters. The fourth-order valence-electron chi connectivity index (χ4n) is 0.500. The van der Waals surface area contributed by atoms with Crippen LogP contribution in [0.4, 0.5) is 0 Å². The molecule has 4 heteroatoms. The molecule has 0 saturated heterocycles. The molecule has 0 rings (SSSR count). The van der Waals surface area contributed by atoms with Crippen LogP contribution in [0.3, 0.4) is 0 Å². The van der Waals surface area contributed by atoms with Crippen LogP contribution >= 0.6 is 25.3 Å². The van der Waals surface area contributed by atoms with Gasteiger partial charge in [0.2, 0.25) is 0 Å². The Kier molecular flexibility index (Phi) is 4.99. The van der Waals surface area contributed by atoms with Crippen LogP contribution in [0, 0.1) is 5.92 Å². The Morgan fingerprint density at radius 2 is 2.10 bits per heavy atom. The van der Waals surface area contributed by atoms with Crippen molar-refractivity contribution in [3.05, 3.63) is 0 Å². The van der Waals surface area contributed by atoms with E-state index in [0.29, 0.717) is 6.42 Å². The maximum Gasteiger partial charge on any atom is 0.303 e. The lowest BCUT2D eigenvalue weighted by Crippen LogP contribution is -2.07. The van der Waals surface area contributed by atoms with Crippen LogP contribution in [-0.2, 0) is 4.79 Å². The van der Waals surface area contributed by atoms with Crippen molar-refractivity contribution in [3.63, 3.8) is 0 Å². The van der Waals surface area contributed by atoms with E-state index >= 15 is 0 Å². The largest absolute Gasteiger partial charge is 0.481 e. The van der Waals surface area contributed by atoms with E-state index in [1.807, 2.05) is 6.92 Å². The van der Waals surface area contributed by atoms with Crippen LogP contribution in [-0.4, -0.2) is 15.7 Å². The molecule has 1 atom stereocenters. The summed E-state index contributed by atoms with van der Waals surface area (Å²) in [6, 6.07) is 0. The second kappa shape index (κ2) is 4.91. The first-order chi connectivity index (χ1) is 4.54. The Morgan fingerprint density at radius 3 is 2.40 bits per heavy atom. The van der Waals surface area contributed by atoms with E-state index in [9.17, 15) is 4.79 Å². The summed E-state index contributed by atoms with van der Waals surface area (Å²) in [4.78, 5) is 10.1. The average Bonchev–Trinajstić information content (AvgIpc) is 1.82. The van der Waals surface area contributed by atoms with Gasteiger partial charge in [0.05, 0.1) is 0 Å². The molecule has 2 nitrogen and oxygen atoms in total. The Balaban J connectivity index is 3.39. The fraction of sp³-hybridized carbons (Fsp3) is 0.833. The zero-order valence-corrected chi connectivity index (χ0v) is 7.61. The molecule has 0 bridgehead atoms. The normalized spacial score (nSPS) is 13.6. The predicted molar refractivity (Wildman–Crippen MR) is 47.8 cm³/mol. The number of aliphatic carboxylic acids is 1. The molecular weight excluding hydrogens is 168 g/mol. The third-order valence-electron chi connectivity index (χ3n) is 1.32. The highest BCUT2D eigenvalue weighted by Crippen LogP contribution is 2.18. The third kappa shape index (κ3) is 4.99. The van der Waals surface area contributed by atoms with Crippen LogP contribution in [0.25, 0.3) is 0 Å². The predicted octanol–water partition coefficient (Wildman–Crippen LogP) is 1.67. The molecule has 0 aromatic heterocycles. The topological polar surface area (TPSA) is 37.3 Å². The second-order valence-electron chi connectivity index (χ2n) is 2.32. The molecule has 0 fully saturated rings. The third-order valence-corrected chi connectivity index (χ3v) is 2.34. The van der Waals surface area contributed by atoms with Crippen molar-refractivity contribution in [3.8, 4) is 0 Å². The molecule has 0 amide bonds. The maximum atomic E-state index is 10.1. The first-order valence-electron chi connectivity index (χ1n) is 3.12. The number of carboxylic acids is 1. The van der Waals surface area contributed by atoms with E-state index in [4.69, 9.17) is 5.11 Å². The minimum absolute atomic E-state index is 0.0145. The van der Waals surface area contributed by atoms with E-state index in [1.165, 1.54) is 0 Å². The van der Waals surface area contributed by atoms with E-state index in [1.54, 1.807) is 0 Å². The molecule has 1 N–H and O–H groups in total. The summed E-state index contributed by atoms with van der Waals surface area (Å²) >= 11 is 8.13. The SMILES string of the molecule is C[C@@H](CCC(=O)O)C(S)S. The molecular formula is C6H12O2S2. The Labute approximate surface area is 71.8 Å². The van der Waals surface area contributed by atoms with Crippen molar-refractivity contribution in [2.24, 2.45) is 5.92 Å². The van der Waals surface area contributed by atoms with Gasteiger partial charge in [0.15, 0.2) is 0 Å². The lowest BCUT2D eigenvalue weighted by Gasteiger charge is -2.11. The molecule has 0 aromatic carbocycles. The van der Waals surface area contributed by atoms with Gasteiger partial charge < -0.3 is 5.11 Å². The molecule has 0 aromatic rings. The van der Waals surface area contributed by atoms with Crippen LogP contribution in [0.2, 0.25) is 0 Å². The average molecular weight is 180 g/mol. The molecule has 0 heterocycles. The lowest BCUT2D eigenvalue weighted by molar-refractivity contribution is -0.137. The minimum Gasteiger partial charge on any atom is -0.481 e. The maximum absolute atomic E-state index is 10.1. The van der Waals surface area contributed by atoms with E-state index in [-0.39, 0.29) is 16.9 Å². The summed E-state index contributed by atoms with van der Waals surface area (Å²) in [7, 11) is 0. The lowest BCUT2D eigenvalue weighted by atomic mass is 10.1. The number of carboxylic acid groups (broad SMARTS) is 1. The summed E-state index contributed by atoms with van der Waals surface area (Å²) in [6.07, 6.45) is 0.853. The fourth-order valence-corrected chi connectivity index (χ4v) is 0.798. The van der Waals surface area contributed by atoms with Crippen molar-refractivity contribution in [1.29, 1.82) is 0 Å². The van der Waals surface area contributed by atoms with Crippen molar-refractivity contribution in [1.82, 2.24) is 0 Å². The number of thiol groups is 2. The number of hydrogen-bond acceptors (Lipinski definition) is 3. The van der Waals surface area contributed by atoms with Crippen LogP contribution in [0.1, 0.15) is 19.8 Å². The van der Waals surface area contributed by atoms with Gasteiger partial charge in [0, 0.05) is 11.0 Å². The van der Waals surface area contributed by atoms with Crippen molar-refractivity contribution in [2.75, 3.05) is 0 Å². The van der Waals surface area contributed by atoms with Gasteiger partial charge in [-0.05, 0) is 12.3 Å². The van der Waals surface area contributed by atoms with Gasteiger partial charge in [-0.3, -0.25) is 4.79 Å². The Hall–Kier alpha value is 0.170. The first-order valence-corrected chi connectivity index (χ1v) is 4.15. The summed E-state index contributed by atoms with van der Waals surface area (Å²) in [5.74, 6) is -0.503. The second-order valence-corrected chi connectivity index (χ2v) is 3.84. The first kappa shape index (κ1) is 10.2. The quantitative estimate of drug-likeness (QED) is 0.455. The van der Waals surface area contributed by atoms with Crippen LogP contribution in [0.5, 0.6) is 0 Å². The van der Waals surface area contributed by atoms with Crippen LogP contribution in [0.15, 0.2) is 0 Å². The van der Waals surface area contributed by atoms with Gasteiger partial charge in [-0.25, -0.2) is 0 Å². The molecule has 0 saturated carbocycles. The monoisotopic (exact) mass is 180 g/mol. The van der Waals surface area contributed by atoms with Crippen LogP contribution < -0.4 is 0 Å². The molecule has 0 spiro atoms. The van der Waals surface area contributed by atoms with E-state index in [0.717, 1.165) is 0 Å². The Bertz CT molecular complexity index is 114. The molecule has 0 aliphatic heterocycles. The molecule has 0 aliphatic rings. The summed E-state index contributed by atoms with van der Waals surface area (Å²) < 4.78 is -0.0145. The minimum atomic E-state index is -0.755. The number of rotatable bonds is 4. The Morgan fingerprint density at radius 1 is 1.60 bits per heavy atom. The number of carbonyl (C=O) groups is 1. The molecule has 0 radical (unpaired) electrons. The highest BCUT2D eigenvalue weighted by Gasteiger charge is 2.09. The van der Waals surface area contributed by atoms with Crippen molar-refractivity contribution < 1.29 is 9.90 Å². The molecule has 10 heavy (non-hydrogen) atoms. The van der Waals surface area contributed by atoms with Gasteiger partial charge in [-0.15, -0.1) is 0 Å². The van der Waals surface area contributed by atoms with Crippen molar-refractivity contribution >= 4 is 31.2 Å². The zero-order chi connectivity index (χ0) is 8.15. The summed E-state index contributed by atoms with van der Waals surface area (Å²) in [5, 5.41) is 8.29. The van der Waals surface area contributed by atoms with E-state index < -0.39 is 5.97 Å². The highest BCUT2D eigenvalue weighted by molar-refractivity contribution is 7.99. The molecule has 60 valence electrons. The van der Waals surface area contributed by atoms with Crippen molar-refractivity contribution in [2.45, 2.75) is 24.3 Å².